The standard InChI is InChI=1S/C5H6IN3/c1-3-2-4(6)8-9-5(3)7/h2H,1H3,(H2,7,9). The first-order chi connectivity index (χ1) is 4.20. The van der Waals surface area contributed by atoms with Gasteiger partial charge in [-0.2, -0.15) is 0 Å². The highest BCUT2D eigenvalue weighted by molar-refractivity contribution is 14.1. The molecule has 3 nitrogen and oxygen atoms in total. The van der Waals surface area contributed by atoms with Gasteiger partial charge in [0.05, 0.1) is 0 Å². The number of halogens is 1. The summed E-state index contributed by atoms with van der Waals surface area (Å²) in [5.74, 6) is 0.510. The lowest BCUT2D eigenvalue weighted by Crippen LogP contribution is -1.97. The van der Waals surface area contributed by atoms with Crippen LogP contribution < -0.4 is 5.73 Å². The first-order valence-corrected chi connectivity index (χ1v) is 3.53. The van der Waals surface area contributed by atoms with Gasteiger partial charge in [0.1, 0.15) is 9.52 Å². The van der Waals surface area contributed by atoms with Crippen LogP contribution >= 0.6 is 22.6 Å². The summed E-state index contributed by atoms with van der Waals surface area (Å²) in [6, 6.07) is 1.89. The molecule has 0 radical (unpaired) electrons. The Morgan fingerprint density at radius 1 is 1.56 bits per heavy atom. The van der Waals surface area contributed by atoms with E-state index in [1.165, 1.54) is 0 Å². The van der Waals surface area contributed by atoms with Crippen LogP contribution in [0.15, 0.2) is 6.07 Å². The van der Waals surface area contributed by atoms with E-state index in [1.54, 1.807) is 0 Å². The zero-order chi connectivity index (χ0) is 6.85. The molecule has 9 heavy (non-hydrogen) atoms. The van der Waals surface area contributed by atoms with Crippen molar-refractivity contribution in [2.75, 3.05) is 5.73 Å². The molecule has 1 aromatic rings. The third-order valence-electron chi connectivity index (χ3n) is 0.993. The number of anilines is 1. The highest BCUT2D eigenvalue weighted by Crippen LogP contribution is 2.06. The number of aromatic nitrogens is 2. The molecule has 0 saturated heterocycles. The fourth-order valence-electron chi connectivity index (χ4n) is 0.462. The highest BCUT2D eigenvalue weighted by atomic mass is 127. The Hall–Kier alpha value is -0.390. The lowest BCUT2D eigenvalue weighted by molar-refractivity contribution is 0.999. The molecule has 0 saturated carbocycles. The van der Waals surface area contributed by atoms with Crippen LogP contribution in [0.5, 0.6) is 0 Å². The maximum atomic E-state index is 5.41. The van der Waals surface area contributed by atoms with Crippen molar-refractivity contribution in [1.29, 1.82) is 0 Å². The van der Waals surface area contributed by atoms with Crippen molar-refractivity contribution in [1.82, 2.24) is 10.2 Å². The number of nitrogens with zero attached hydrogens (tertiary/aromatic N) is 2. The Kier molecular flexibility index (Phi) is 1.84. The van der Waals surface area contributed by atoms with Gasteiger partial charge in [0, 0.05) is 0 Å². The van der Waals surface area contributed by atoms with Gasteiger partial charge in [0.15, 0.2) is 0 Å². The average Bonchev–Trinajstić information content (AvgIpc) is 1.80. The molecule has 1 aromatic heterocycles. The minimum Gasteiger partial charge on any atom is -0.382 e. The molecule has 0 spiro atoms. The lowest BCUT2D eigenvalue weighted by atomic mass is 10.3. The van der Waals surface area contributed by atoms with Gasteiger partial charge >= 0.3 is 0 Å². The van der Waals surface area contributed by atoms with Crippen molar-refractivity contribution in [2.24, 2.45) is 0 Å². The second-order valence-corrected chi connectivity index (χ2v) is 2.84. The fourth-order valence-corrected chi connectivity index (χ4v) is 1.04. The van der Waals surface area contributed by atoms with Crippen LogP contribution in [0.3, 0.4) is 0 Å². The van der Waals surface area contributed by atoms with E-state index in [2.05, 4.69) is 32.8 Å². The van der Waals surface area contributed by atoms with E-state index >= 15 is 0 Å². The molecule has 4 heteroatoms. The topological polar surface area (TPSA) is 51.8 Å². The fraction of sp³-hybridized carbons (Fsp3) is 0.200. The summed E-state index contributed by atoms with van der Waals surface area (Å²) >= 11 is 2.09. The highest BCUT2D eigenvalue weighted by Gasteiger charge is 1.94. The Morgan fingerprint density at radius 2 is 2.22 bits per heavy atom. The summed E-state index contributed by atoms with van der Waals surface area (Å²) in [6.45, 7) is 1.91. The number of aryl methyl sites for hydroxylation is 1. The first-order valence-electron chi connectivity index (χ1n) is 2.45. The summed E-state index contributed by atoms with van der Waals surface area (Å²) in [4.78, 5) is 0. The number of nitrogens with two attached hydrogens (primary N) is 1. The summed E-state index contributed by atoms with van der Waals surface area (Å²) < 4.78 is 0.874. The van der Waals surface area contributed by atoms with Crippen molar-refractivity contribution < 1.29 is 0 Å². The van der Waals surface area contributed by atoms with Gasteiger partial charge in [-0.1, -0.05) is 0 Å². The van der Waals surface area contributed by atoms with E-state index in [1.807, 2.05) is 13.0 Å². The summed E-state index contributed by atoms with van der Waals surface area (Å²) in [6.07, 6.45) is 0. The zero-order valence-electron chi connectivity index (χ0n) is 4.93. The third kappa shape index (κ3) is 1.51. The number of hydrogen-bond acceptors (Lipinski definition) is 3. The van der Waals surface area contributed by atoms with Crippen LogP contribution in [0, 0.1) is 10.6 Å². The van der Waals surface area contributed by atoms with Crippen molar-refractivity contribution >= 4 is 28.4 Å². The molecule has 48 valence electrons. The molecular formula is C5H6IN3. The molecule has 0 aliphatic rings. The van der Waals surface area contributed by atoms with Crippen LogP contribution in [-0.2, 0) is 0 Å². The Balaban J connectivity index is 3.17. The molecule has 0 amide bonds. The minimum absolute atomic E-state index is 0.510. The van der Waals surface area contributed by atoms with E-state index in [-0.39, 0.29) is 0 Å². The molecule has 0 fully saturated rings. The molecule has 0 aliphatic heterocycles. The maximum Gasteiger partial charge on any atom is 0.149 e. The van der Waals surface area contributed by atoms with E-state index in [4.69, 9.17) is 5.73 Å². The molecule has 0 aliphatic carbocycles. The largest absolute Gasteiger partial charge is 0.382 e. The van der Waals surface area contributed by atoms with E-state index in [0.29, 0.717) is 5.82 Å². The predicted octanol–water partition coefficient (Wildman–Crippen LogP) is 0.972. The Labute approximate surface area is 66.8 Å². The average molecular weight is 235 g/mol. The summed E-state index contributed by atoms with van der Waals surface area (Å²) in [5, 5.41) is 7.45. The summed E-state index contributed by atoms with van der Waals surface area (Å²) in [7, 11) is 0. The molecule has 0 unspecified atom stereocenters. The Morgan fingerprint density at radius 3 is 2.67 bits per heavy atom. The third-order valence-corrected chi connectivity index (χ3v) is 1.52. The molecule has 2 N–H and O–H groups in total. The van der Waals surface area contributed by atoms with Crippen LogP contribution in [0.25, 0.3) is 0 Å². The molecule has 1 heterocycles. The van der Waals surface area contributed by atoms with E-state index in [0.717, 1.165) is 9.26 Å². The van der Waals surface area contributed by atoms with Crippen molar-refractivity contribution in [3.05, 3.63) is 15.3 Å². The van der Waals surface area contributed by atoms with Gasteiger partial charge < -0.3 is 5.73 Å². The quantitative estimate of drug-likeness (QED) is 0.681. The second kappa shape index (κ2) is 2.47. The normalized spacial score (nSPS) is 9.56. The van der Waals surface area contributed by atoms with Crippen LogP contribution in [0.1, 0.15) is 5.56 Å². The predicted molar refractivity (Wildman–Crippen MR) is 43.9 cm³/mol. The lowest BCUT2D eigenvalue weighted by Gasteiger charge is -1.94. The van der Waals surface area contributed by atoms with Crippen molar-refractivity contribution in [2.45, 2.75) is 6.92 Å². The SMILES string of the molecule is Cc1cc(I)nnc1N. The van der Waals surface area contributed by atoms with E-state index < -0.39 is 0 Å². The number of hydrogen-bond donors (Lipinski definition) is 1. The minimum atomic E-state index is 0.510. The van der Waals surface area contributed by atoms with Gasteiger partial charge in [-0.3, -0.25) is 0 Å². The van der Waals surface area contributed by atoms with Gasteiger partial charge in [-0.15, -0.1) is 10.2 Å². The van der Waals surface area contributed by atoms with Crippen LogP contribution in [0.4, 0.5) is 5.82 Å². The Bertz CT molecular complexity index is 223. The smallest absolute Gasteiger partial charge is 0.149 e. The number of rotatable bonds is 0. The van der Waals surface area contributed by atoms with Gasteiger partial charge in [-0.05, 0) is 41.1 Å². The maximum absolute atomic E-state index is 5.41. The second-order valence-electron chi connectivity index (χ2n) is 1.74. The molecular weight excluding hydrogens is 229 g/mol. The van der Waals surface area contributed by atoms with Gasteiger partial charge in [0.25, 0.3) is 0 Å². The molecule has 0 atom stereocenters. The van der Waals surface area contributed by atoms with E-state index in [9.17, 15) is 0 Å². The van der Waals surface area contributed by atoms with Gasteiger partial charge in [0.2, 0.25) is 0 Å². The molecule has 0 bridgehead atoms. The van der Waals surface area contributed by atoms with Crippen LogP contribution in [0.2, 0.25) is 0 Å². The number of nitrogen functional groups attached to an aromatic ring is 1. The van der Waals surface area contributed by atoms with Gasteiger partial charge in [-0.25, -0.2) is 0 Å². The monoisotopic (exact) mass is 235 g/mol. The van der Waals surface area contributed by atoms with Crippen molar-refractivity contribution in [3.63, 3.8) is 0 Å². The molecule has 1 rings (SSSR count). The van der Waals surface area contributed by atoms with Crippen LogP contribution in [-0.4, -0.2) is 10.2 Å². The summed E-state index contributed by atoms with van der Waals surface area (Å²) in [5.41, 5.74) is 6.39. The zero-order valence-corrected chi connectivity index (χ0v) is 7.08. The first kappa shape index (κ1) is 6.73. The molecule has 0 aromatic carbocycles. The van der Waals surface area contributed by atoms with Crippen molar-refractivity contribution in [3.8, 4) is 0 Å².